The Balaban J connectivity index is -0.0000000275. The van der Waals surface area contributed by atoms with Crippen molar-refractivity contribution in [3.05, 3.63) is 0 Å². The molecule has 0 heterocycles. The zero-order valence-electron chi connectivity index (χ0n) is 4.10. The van der Waals surface area contributed by atoms with Gasteiger partial charge in [-0.25, -0.2) is 0 Å². The molecule has 0 aliphatic rings. The molecule has 6 heavy (non-hydrogen) atoms. The van der Waals surface area contributed by atoms with Crippen LogP contribution in [0.2, 0.25) is 0 Å². The van der Waals surface area contributed by atoms with Crippen LogP contribution in [0.15, 0.2) is 0 Å². The molecule has 0 aliphatic carbocycles. The van der Waals surface area contributed by atoms with Crippen LogP contribution in [-0.4, -0.2) is 23.9 Å². The van der Waals surface area contributed by atoms with Gasteiger partial charge in [0.1, 0.15) is 0 Å². The van der Waals surface area contributed by atoms with Crippen molar-refractivity contribution in [2.75, 3.05) is 13.7 Å². The van der Waals surface area contributed by atoms with Crippen molar-refractivity contribution in [1.82, 2.24) is 0 Å². The molecule has 0 amide bonds. The molecule has 3 heteroatoms. The van der Waals surface area contributed by atoms with Crippen molar-refractivity contribution in [3.8, 4) is 0 Å². The van der Waals surface area contributed by atoms with E-state index in [1.807, 2.05) is 0 Å². The molecule has 0 aromatic heterocycles. The van der Waals surface area contributed by atoms with E-state index in [9.17, 15) is 0 Å². The van der Waals surface area contributed by atoms with Gasteiger partial charge in [0, 0.05) is 55.5 Å². The maximum absolute atomic E-state index is 7.57. The van der Waals surface area contributed by atoms with Crippen molar-refractivity contribution in [3.63, 3.8) is 0 Å². The average molecular weight is 218 g/mol. The molecule has 2 N–H and O–H groups in total. The Bertz CT molecular complexity index is 8.75. The molecule has 0 saturated carbocycles. The predicted octanol–water partition coefficient (Wildman–Crippen LogP) is -0.393. The fraction of sp³-hybridized carbons (Fsp3) is 1.00. The van der Waals surface area contributed by atoms with Crippen LogP contribution >= 0.6 is 0 Å². The summed E-state index contributed by atoms with van der Waals surface area (Å²) >= 11 is 0. The zero-order chi connectivity index (χ0) is 4.71. The van der Waals surface area contributed by atoms with Crippen LogP contribution in [-0.2, 0) is 0 Å². The van der Waals surface area contributed by atoms with Crippen LogP contribution in [0.1, 0.15) is 6.92 Å². The van der Waals surface area contributed by atoms with Crippen LogP contribution in [0, 0.1) is 41.7 Å². The van der Waals surface area contributed by atoms with E-state index in [1.165, 1.54) is 0 Å². The second kappa shape index (κ2) is 33.5. The first kappa shape index (κ1) is 15.7. The Kier molecular flexibility index (Phi) is 87.5. The monoisotopic (exact) mass is 218 g/mol. The molecule has 0 rings (SSSR count). The van der Waals surface area contributed by atoms with Gasteiger partial charge in [-0.05, 0) is 6.92 Å². The van der Waals surface area contributed by atoms with E-state index in [0.717, 1.165) is 7.11 Å². The summed E-state index contributed by atoms with van der Waals surface area (Å²) in [4.78, 5) is 0. The van der Waals surface area contributed by atoms with E-state index in [4.69, 9.17) is 10.2 Å². The summed E-state index contributed by atoms with van der Waals surface area (Å²) in [5.74, 6) is 0. The van der Waals surface area contributed by atoms with Crippen LogP contribution in [0.25, 0.3) is 0 Å². The quantitative estimate of drug-likeness (QED) is 0.581. The molecule has 0 aromatic carbocycles. The van der Waals surface area contributed by atoms with Gasteiger partial charge in [-0.15, -0.1) is 0 Å². The number of hydrogen-bond acceptors (Lipinski definition) is 2. The van der Waals surface area contributed by atoms with Crippen molar-refractivity contribution >= 4 is 0 Å². The first-order valence-electron chi connectivity index (χ1n) is 1.47. The molecule has 0 aliphatic heterocycles. The Morgan fingerprint density at radius 1 is 1.33 bits per heavy atom. The Hall–Kier alpha value is 1.30. The maximum Gasteiger partial charge on any atom is 0.0402 e. The van der Waals surface area contributed by atoms with Gasteiger partial charge in [-0.1, -0.05) is 0 Å². The van der Waals surface area contributed by atoms with E-state index in [1.54, 1.807) is 6.92 Å². The Morgan fingerprint density at radius 2 is 1.33 bits per heavy atom. The first-order chi connectivity index (χ1) is 2.41. The first-order valence-corrected chi connectivity index (χ1v) is 1.47. The molecule has 0 spiro atoms. The van der Waals surface area contributed by atoms with E-state index >= 15 is 0 Å². The molecule has 0 radical (unpaired) electrons. The van der Waals surface area contributed by atoms with Gasteiger partial charge in [-0.3, -0.25) is 0 Å². The van der Waals surface area contributed by atoms with Crippen molar-refractivity contribution in [2.45, 2.75) is 6.92 Å². The van der Waals surface area contributed by atoms with Crippen LogP contribution < -0.4 is 0 Å². The topological polar surface area (TPSA) is 40.5 Å². The smallest absolute Gasteiger partial charge is 0.0402 e. The molecule has 0 saturated heterocycles. The third-order valence-corrected chi connectivity index (χ3v) is 0. The van der Waals surface area contributed by atoms with Crippen molar-refractivity contribution in [1.29, 1.82) is 0 Å². The van der Waals surface area contributed by atoms with Gasteiger partial charge >= 0.3 is 0 Å². The predicted molar refractivity (Wildman–Crippen MR) is 20.9 cm³/mol. The van der Waals surface area contributed by atoms with Crippen molar-refractivity contribution < 1.29 is 52.0 Å². The third-order valence-electron chi connectivity index (χ3n) is 0. The molecule has 0 fully saturated rings. The van der Waals surface area contributed by atoms with Crippen LogP contribution in [0.3, 0.4) is 0 Å². The number of rotatable bonds is 0. The molecule has 2 nitrogen and oxygen atoms in total. The van der Waals surface area contributed by atoms with E-state index in [2.05, 4.69) is 0 Å². The second-order valence-corrected chi connectivity index (χ2v) is 0.316. The zero-order valence-corrected chi connectivity index (χ0v) is 7.24. The standard InChI is InChI=1S/C2H6O.CH4O.Ce/c1-2-3;1-2;/h3H,2H2,1H3;2H,1H3;. The molecule has 0 aromatic rings. The normalized spacial score (nSPS) is 4.00. The van der Waals surface area contributed by atoms with Gasteiger partial charge < -0.3 is 10.2 Å². The van der Waals surface area contributed by atoms with E-state index < -0.39 is 0 Å². The molecule has 0 atom stereocenters. The Labute approximate surface area is 71.9 Å². The molecule has 38 valence electrons. The minimum Gasteiger partial charge on any atom is -0.400 e. The van der Waals surface area contributed by atoms with Crippen LogP contribution in [0.5, 0.6) is 0 Å². The van der Waals surface area contributed by atoms with Crippen molar-refractivity contribution in [2.24, 2.45) is 0 Å². The number of aliphatic hydroxyl groups is 2. The average Bonchev–Trinajstić information content (AvgIpc) is 1.46. The molecular weight excluding hydrogens is 208 g/mol. The maximum atomic E-state index is 7.57. The fourth-order valence-corrected chi connectivity index (χ4v) is 0. The fourth-order valence-electron chi connectivity index (χ4n) is 0. The number of aliphatic hydroxyl groups excluding tert-OH is 2. The summed E-state index contributed by atoms with van der Waals surface area (Å²) in [6.07, 6.45) is 0. The molecular formula is C3H10CeO2. The minimum absolute atomic E-state index is 0. The summed E-state index contributed by atoms with van der Waals surface area (Å²) in [7, 11) is 1.00. The van der Waals surface area contributed by atoms with E-state index in [-0.39, 0.29) is 48.4 Å². The second-order valence-electron chi connectivity index (χ2n) is 0.316. The Morgan fingerprint density at radius 3 is 1.33 bits per heavy atom. The summed E-state index contributed by atoms with van der Waals surface area (Å²) < 4.78 is 0. The van der Waals surface area contributed by atoms with Gasteiger partial charge in [0.15, 0.2) is 0 Å². The third kappa shape index (κ3) is 58.2. The largest absolute Gasteiger partial charge is 0.400 e. The summed E-state index contributed by atoms with van der Waals surface area (Å²) in [5, 5.41) is 14.6. The van der Waals surface area contributed by atoms with Gasteiger partial charge in [-0.2, -0.15) is 0 Å². The molecule has 0 unspecified atom stereocenters. The van der Waals surface area contributed by atoms with Gasteiger partial charge in [0.25, 0.3) is 0 Å². The summed E-state index contributed by atoms with van der Waals surface area (Å²) in [6, 6.07) is 0. The van der Waals surface area contributed by atoms with Gasteiger partial charge in [0.05, 0.1) is 0 Å². The van der Waals surface area contributed by atoms with Gasteiger partial charge in [0.2, 0.25) is 0 Å². The number of hydrogen-bond donors (Lipinski definition) is 2. The van der Waals surface area contributed by atoms with Crippen LogP contribution in [0.4, 0.5) is 0 Å². The molecule has 0 bridgehead atoms. The van der Waals surface area contributed by atoms with E-state index in [0.29, 0.717) is 0 Å². The summed E-state index contributed by atoms with van der Waals surface area (Å²) in [5.41, 5.74) is 0. The summed E-state index contributed by atoms with van der Waals surface area (Å²) in [6.45, 7) is 1.93. The SMILES string of the molecule is CCO.CO.[Ce]. The minimum atomic E-state index is 0.